The monoisotopic (exact) mass is 346 g/mol. The fraction of sp³-hybridized carbons (Fsp3) is 0.316. The summed E-state index contributed by atoms with van der Waals surface area (Å²) in [6.07, 6.45) is -0.392. The fourth-order valence-corrected chi connectivity index (χ4v) is 2.75. The minimum Gasteiger partial charge on any atom is -0.366 e. The minimum absolute atomic E-state index is 0. The van der Waals surface area contributed by atoms with Crippen molar-refractivity contribution in [3.05, 3.63) is 71.8 Å². The van der Waals surface area contributed by atoms with Crippen LogP contribution in [0.4, 0.5) is 0 Å². The third-order valence-corrected chi connectivity index (χ3v) is 3.95. The number of morpholine rings is 1. The van der Waals surface area contributed by atoms with Crippen LogP contribution in [-0.4, -0.2) is 36.6 Å². The molecule has 0 radical (unpaired) electrons. The maximum absolute atomic E-state index is 12.9. The Morgan fingerprint density at radius 2 is 1.54 bits per heavy atom. The van der Waals surface area contributed by atoms with E-state index >= 15 is 0 Å². The third kappa shape index (κ3) is 5.06. The maximum atomic E-state index is 12.9. The van der Waals surface area contributed by atoms with Crippen molar-refractivity contribution in [1.29, 1.82) is 0 Å². The Morgan fingerprint density at radius 1 is 1.00 bits per heavy atom. The lowest BCUT2D eigenvalue weighted by atomic mass is 10.1. The number of hydrogen-bond donors (Lipinski definition) is 1. The van der Waals surface area contributed by atoms with E-state index in [1.54, 1.807) is 0 Å². The first-order valence-corrected chi connectivity index (χ1v) is 8.02. The standard InChI is InChI=1S/C19H22N2O2.ClH/c22-19(18-13-20-11-12-23-18)21(14-16-7-3-1-4-8-16)15-17-9-5-2-6-10-17;/h1-10,18,20H,11-15H2;1H. The molecule has 0 aliphatic carbocycles. The van der Waals surface area contributed by atoms with Crippen LogP contribution in [0.25, 0.3) is 0 Å². The molecule has 1 saturated heterocycles. The van der Waals surface area contributed by atoms with Crippen molar-refractivity contribution in [1.82, 2.24) is 10.2 Å². The van der Waals surface area contributed by atoms with Gasteiger partial charge in [0.05, 0.1) is 6.61 Å². The zero-order valence-electron chi connectivity index (χ0n) is 13.6. The summed E-state index contributed by atoms with van der Waals surface area (Å²) in [6, 6.07) is 20.2. The van der Waals surface area contributed by atoms with Gasteiger partial charge in [-0.2, -0.15) is 0 Å². The van der Waals surface area contributed by atoms with Crippen LogP contribution in [0.3, 0.4) is 0 Å². The second-order valence-corrected chi connectivity index (χ2v) is 5.73. The number of nitrogens with one attached hydrogen (secondary N) is 1. The molecule has 24 heavy (non-hydrogen) atoms. The van der Waals surface area contributed by atoms with Gasteiger partial charge in [-0.25, -0.2) is 0 Å². The van der Waals surface area contributed by atoms with Gasteiger partial charge in [-0.3, -0.25) is 4.79 Å². The number of carbonyl (C=O) groups is 1. The van der Waals surface area contributed by atoms with Crippen LogP contribution in [0.1, 0.15) is 11.1 Å². The van der Waals surface area contributed by atoms with Gasteiger partial charge < -0.3 is 15.0 Å². The van der Waals surface area contributed by atoms with E-state index in [-0.39, 0.29) is 18.3 Å². The van der Waals surface area contributed by atoms with Crippen LogP contribution in [0.2, 0.25) is 0 Å². The van der Waals surface area contributed by atoms with E-state index in [0.717, 1.165) is 17.7 Å². The van der Waals surface area contributed by atoms with E-state index in [9.17, 15) is 4.79 Å². The van der Waals surface area contributed by atoms with Gasteiger partial charge in [0.25, 0.3) is 5.91 Å². The molecular weight excluding hydrogens is 324 g/mol. The highest BCUT2D eigenvalue weighted by atomic mass is 35.5. The summed E-state index contributed by atoms with van der Waals surface area (Å²) in [7, 11) is 0. The van der Waals surface area contributed by atoms with Gasteiger partial charge in [0, 0.05) is 26.2 Å². The normalized spacial score (nSPS) is 16.9. The van der Waals surface area contributed by atoms with E-state index < -0.39 is 6.10 Å². The summed E-state index contributed by atoms with van der Waals surface area (Å²) in [5.41, 5.74) is 2.25. The largest absolute Gasteiger partial charge is 0.366 e. The molecule has 1 heterocycles. The molecule has 2 aromatic rings. The van der Waals surface area contributed by atoms with E-state index in [4.69, 9.17) is 4.74 Å². The van der Waals surface area contributed by atoms with Crippen molar-refractivity contribution < 1.29 is 9.53 Å². The number of hydrogen-bond acceptors (Lipinski definition) is 3. The average molecular weight is 347 g/mol. The highest BCUT2D eigenvalue weighted by Gasteiger charge is 2.27. The van der Waals surface area contributed by atoms with Crippen LogP contribution in [0.15, 0.2) is 60.7 Å². The molecule has 1 atom stereocenters. The van der Waals surface area contributed by atoms with Gasteiger partial charge >= 0.3 is 0 Å². The third-order valence-electron chi connectivity index (χ3n) is 3.95. The van der Waals surface area contributed by atoms with Gasteiger partial charge in [0.15, 0.2) is 0 Å². The molecule has 128 valence electrons. The van der Waals surface area contributed by atoms with Gasteiger partial charge in [-0.05, 0) is 11.1 Å². The second kappa shape index (κ2) is 9.42. The van der Waals surface area contributed by atoms with Gasteiger partial charge in [-0.1, -0.05) is 60.7 Å². The highest BCUT2D eigenvalue weighted by molar-refractivity contribution is 5.85. The van der Waals surface area contributed by atoms with Crippen molar-refractivity contribution in [3.63, 3.8) is 0 Å². The average Bonchev–Trinajstić information content (AvgIpc) is 2.63. The van der Waals surface area contributed by atoms with E-state index in [1.807, 2.05) is 65.6 Å². The van der Waals surface area contributed by atoms with Crippen LogP contribution < -0.4 is 5.32 Å². The van der Waals surface area contributed by atoms with Gasteiger partial charge in [0.1, 0.15) is 6.10 Å². The Hall–Kier alpha value is -1.88. The SMILES string of the molecule is Cl.O=C(C1CNCCO1)N(Cc1ccccc1)Cc1ccccc1. The molecule has 1 fully saturated rings. The lowest BCUT2D eigenvalue weighted by Gasteiger charge is -2.30. The number of carbonyl (C=O) groups excluding carboxylic acids is 1. The van der Waals surface area contributed by atoms with Crippen LogP contribution in [-0.2, 0) is 22.6 Å². The fourth-order valence-electron chi connectivity index (χ4n) is 2.75. The first-order valence-electron chi connectivity index (χ1n) is 8.02. The first-order chi connectivity index (χ1) is 11.3. The Morgan fingerprint density at radius 3 is 2.00 bits per heavy atom. The Balaban J connectivity index is 0.00000208. The highest BCUT2D eigenvalue weighted by Crippen LogP contribution is 2.13. The summed E-state index contributed by atoms with van der Waals surface area (Å²) < 4.78 is 5.64. The summed E-state index contributed by atoms with van der Waals surface area (Å²) in [5, 5.41) is 3.23. The molecule has 0 aromatic heterocycles. The molecule has 1 aliphatic heterocycles. The molecule has 0 spiro atoms. The summed E-state index contributed by atoms with van der Waals surface area (Å²) in [6.45, 7) is 3.16. The number of amides is 1. The zero-order chi connectivity index (χ0) is 15.9. The number of ether oxygens (including phenoxy) is 1. The second-order valence-electron chi connectivity index (χ2n) is 5.73. The summed E-state index contributed by atoms with van der Waals surface area (Å²) in [4.78, 5) is 14.7. The van der Waals surface area contributed by atoms with Crippen LogP contribution in [0.5, 0.6) is 0 Å². The van der Waals surface area contributed by atoms with Crippen molar-refractivity contribution in [3.8, 4) is 0 Å². The zero-order valence-corrected chi connectivity index (χ0v) is 14.4. The number of rotatable bonds is 5. The molecule has 1 aliphatic rings. The molecule has 1 amide bonds. The van der Waals surface area contributed by atoms with E-state index in [1.165, 1.54) is 0 Å². The van der Waals surface area contributed by atoms with Gasteiger partial charge in [-0.15, -0.1) is 12.4 Å². The Bertz CT molecular complexity index is 574. The van der Waals surface area contributed by atoms with Crippen molar-refractivity contribution in [2.45, 2.75) is 19.2 Å². The number of nitrogens with zero attached hydrogens (tertiary/aromatic N) is 1. The van der Waals surface area contributed by atoms with E-state index in [2.05, 4.69) is 5.32 Å². The lowest BCUT2D eigenvalue weighted by Crippen LogP contribution is -2.49. The minimum atomic E-state index is -0.392. The van der Waals surface area contributed by atoms with E-state index in [0.29, 0.717) is 26.2 Å². The Kier molecular flexibility index (Phi) is 7.25. The molecule has 3 rings (SSSR count). The van der Waals surface area contributed by atoms with Gasteiger partial charge in [0.2, 0.25) is 0 Å². The summed E-state index contributed by atoms with van der Waals surface area (Å²) >= 11 is 0. The molecular formula is C19H23ClN2O2. The smallest absolute Gasteiger partial charge is 0.253 e. The van der Waals surface area contributed by atoms with Crippen molar-refractivity contribution in [2.75, 3.05) is 19.7 Å². The van der Waals surface area contributed by atoms with Crippen molar-refractivity contribution >= 4 is 18.3 Å². The number of benzene rings is 2. The molecule has 1 unspecified atom stereocenters. The quantitative estimate of drug-likeness (QED) is 0.905. The molecule has 4 nitrogen and oxygen atoms in total. The first kappa shape index (κ1) is 18.5. The maximum Gasteiger partial charge on any atom is 0.253 e. The molecule has 0 bridgehead atoms. The summed E-state index contributed by atoms with van der Waals surface area (Å²) in [5.74, 6) is 0.0462. The van der Waals surface area contributed by atoms with Crippen molar-refractivity contribution in [2.24, 2.45) is 0 Å². The van der Waals surface area contributed by atoms with Crippen LogP contribution >= 0.6 is 12.4 Å². The molecule has 2 aromatic carbocycles. The molecule has 0 saturated carbocycles. The topological polar surface area (TPSA) is 41.6 Å². The molecule has 5 heteroatoms. The predicted molar refractivity (Wildman–Crippen MR) is 97.0 cm³/mol. The Labute approximate surface area is 149 Å². The predicted octanol–water partition coefficient (Wildman–Crippen LogP) is 2.63. The molecule has 1 N–H and O–H groups in total. The van der Waals surface area contributed by atoms with Crippen LogP contribution in [0, 0.1) is 0 Å². The lowest BCUT2D eigenvalue weighted by molar-refractivity contribution is -0.146. The number of halogens is 1.